The molecule has 2 N–H and O–H groups in total. The highest BCUT2D eigenvalue weighted by molar-refractivity contribution is 5.96. The van der Waals surface area contributed by atoms with Crippen molar-refractivity contribution in [2.24, 2.45) is 0 Å². The number of aromatic nitrogens is 1. The molecule has 5 nitrogen and oxygen atoms in total. The molecule has 0 saturated heterocycles. The van der Waals surface area contributed by atoms with Crippen molar-refractivity contribution in [3.8, 4) is 0 Å². The Hall–Kier alpha value is -2.56. The van der Waals surface area contributed by atoms with Gasteiger partial charge in [-0.3, -0.25) is 4.79 Å². The van der Waals surface area contributed by atoms with Crippen LogP contribution in [0, 0.1) is 0 Å². The topological polar surface area (TPSA) is 62.5 Å². The van der Waals surface area contributed by atoms with Crippen LogP contribution in [0.4, 0.5) is 11.4 Å². The molecule has 0 fully saturated rings. The largest absolute Gasteiger partial charge is 0.397 e. The lowest BCUT2D eigenvalue weighted by atomic mass is 10.2. The SMILES string of the molecule is CN(Cc1ccc(N(C)C)cc1)C(=O)c1ncccc1N. The summed E-state index contributed by atoms with van der Waals surface area (Å²) >= 11 is 0. The second-order valence-electron chi connectivity index (χ2n) is 5.16. The lowest BCUT2D eigenvalue weighted by Crippen LogP contribution is -2.27. The van der Waals surface area contributed by atoms with Crippen LogP contribution in [-0.4, -0.2) is 36.9 Å². The number of benzene rings is 1. The Morgan fingerprint density at radius 2 is 1.81 bits per heavy atom. The summed E-state index contributed by atoms with van der Waals surface area (Å²) < 4.78 is 0. The van der Waals surface area contributed by atoms with Crippen molar-refractivity contribution >= 4 is 17.3 Å². The van der Waals surface area contributed by atoms with Crippen molar-refractivity contribution in [1.82, 2.24) is 9.88 Å². The first-order valence-electron chi connectivity index (χ1n) is 6.71. The number of hydrogen-bond acceptors (Lipinski definition) is 4. The molecule has 1 amide bonds. The highest BCUT2D eigenvalue weighted by atomic mass is 16.2. The molecule has 1 heterocycles. The van der Waals surface area contributed by atoms with Gasteiger partial charge in [0, 0.05) is 39.6 Å². The van der Waals surface area contributed by atoms with Crippen LogP contribution >= 0.6 is 0 Å². The maximum absolute atomic E-state index is 12.3. The van der Waals surface area contributed by atoms with E-state index in [1.54, 1.807) is 30.3 Å². The molecule has 0 spiro atoms. The van der Waals surface area contributed by atoms with Gasteiger partial charge in [0.2, 0.25) is 0 Å². The molecule has 0 radical (unpaired) electrons. The minimum Gasteiger partial charge on any atom is -0.397 e. The van der Waals surface area contributed by atoms with E-state index >= 15 is 0 Å². The average molecular weight is 284 g/mol. The van der Waals surface area contributed by atoms with Crippen LogP contribution in [0.3, 0.4) is 0 Å². The van der Waals surface area contributed by atoms with Gasteiger partial charge in [-0.05, 0) is 29.8 Å². The van der Waals surface area contributed by atoms with Gasteiger partial charge in [0.05, 0.1) is 5.69 Å². The zero-order chi connectivity index (χ0) is 15.4. The van der Waals surface area contributed by atoms with Gasteiger partial charge >= 0.3 is 0 Å². The maximum atomic E-state index is 12.3. The first-order chi connectivity index (χ1) is 9.99. The molecule has 1 aromatic heterocycles. The molecular formula is C16H20N4O. The van der Waals surface area contributed by atoms with E-state index in [-0.39, 0.29) is 5.91 Å². The number of nitrogens with zero attached hydrogens (tertiary/aromatic N) is 3. The summed E-state index contributed by atoms with van der Waals surface area (Å²) in [7, 11) is 5.74. The smallest absolute Gasteiger partial charge is 0.274 e. The molecular weight excluding hydrogens is 264 g/mol. The number of hydrogen-bond donors (Lipinski definition) is 1. The first-order valence-corrected chi connectivity index (χ1v) is 6.71. The van der Waals surface area contributed by atoms with Crippen molar-refractivity contribution in [3.63, 3.8) is 0 Å². The molecule has 0 unspecified atom stereocenters. The van der Waals surface area contributed by atoms with Crippen molar-refractivity contribution in [1.29, 1.82) is 0 Å². The van der Waals surface area contributed by atoms with Gasteiger partial charge < -0.3 is 15.5 Å². The molecule has 5 heteroatoms. The van der Waals surface area contributed by atoms with Gasteiger partial charge in [-0.2, -0.15) is 0 Å². The Kier molecular flexibility index (Phi) is 4.42. The summed E-state index contributed by atoms with van der Waals surface area (Å²) in [5.74, 6) is -0.176. The summed E-state index contributed by atoms with van der Waals surface area (Å²) in [6, 6.07) is 11.5. The number of anilines is 2. The molecule has 0 aliphatic carbocycles. The van der Waals surface area contributed by atoms with Crippen molar-refractivity contribution in [2.75, 3.05) is 31.8 Å². The maximum Gasteiger partial charge on any atom is 0.274 e. The third-order valence-electron chi connectivity index (χ3n) is 3.26. The second kappa shape index (κ2) is 6.26. The van der Waals surface area contributed by atoms with Crippen LogP contribution in [0.5, 0.6) is 0 Å². The molecule has 0 saturated carbocycles. The minimum absolute atomic E-state index is 0.176. The van der Waals surface area contributed by atoms with E-state index in [1.165, 1.54) is 0 Å². The standard InChI is InChI=1S/C16H20N4O/c1-19(2)13-8-6-12(7-9-13)11-20(3)16(21)15-14(17)5-4-10-18-15/h4-10H,11,17H2,1-3H3. The zero-order valence-corrected chi connectivity index (χ0v) is 12.6. The first kappa shape index (κ1) is 14.8. The van der Waals surface area contributed by atoms with Crippen LogP contribution in [-0.2, 0) is 6.54 Å². The Labute approximate surface area is 125 Å². The van der Waals surface area contributed by atoms with Gasteiger partial charge in [0.1, 0.15) is 0 Å². The quantitative estimate of drug-likeness (QED) is 0.933. The normalized spacial score (nSPS) is 10.2. The van der Waals surface area contributed by atoms with Crippen LogP contribution in [0.1, 0.15) is 16.1 Å². The molecule has 0 bridgehead atoms. The van der Waals surface area contributed by atoms with E-state index in [0.29, 0.717) is 17.9 Å². The van der Waals surface area contributed by atoms with Gasteiger partial charge in [0.15, 0.2) is 5.69 Å². The summed E-state index contributed by atoms with van der Waals surface area (Å²) in [4.78, 5) is 20.0. The van der Waals surface area contributed by atoms with Gasteiger partial charge in [-0.1, -0.05) is 12.1 Å². The lowest BCUT2D eigenvalue weighted by molar-refractivity contribution is 0.0780. The van der Waals surface area contributed by atoms with E-state index < -0.39 is 0 Å². The summed E-state index contributed by atoms with van der Waals surface area (Å²) in [6.45, 7) is 0.516. The van der Waals surface area contributed by atoms with E-state index in [9.17, 15) is 4.79 Å². The van der Waals surface area contributed by atoms with Gasteiger partial charge in [-0.25, -0.2) is 4.98 Å². The number of carbonyl (C=O) groups is 1. The van der Waals surface area contributed by atoms with E-state index in [0.717, 1.165) is 11.3 Å². The zero-order valence-electron chi connectivity index (χ0n) is 12.6. The number of nitrogen functional groups attached to an aromatic ring is 1. The predicted molar refractivity (Wildman–Crippen MR) is 85.2 cm³/mol. The molecule has 0 aliphatic heterocycles. The van der Waals surface area contributed by atoms with Crippen LogP contribution in [0.25, 0.3) is 0 Å². The third-order valence-corrected chi connectivity index (χ3v) is 3.26. The number of carbonyl (C=O) groups excluding carboxylic acids is 1. The molecule has 0 aliphatic rings. The highest BCUT2D eigenvalue weighted by Crippen LogP contribution is 2.15. The number of rotatable bonds is 4. The van der Waals surface area contributed by atoms with Crippen molar-refractivity contribution in [2.45, 2.75) is 6.54 Å². The second-order valence-corrected chi connectivity index (χ2v) is 5.16. The lowest BCUT2D eigenvalue weighted by Gasteiger charge is -2.18. The molecule has 21 heavy (non-hydrogen) atoms. The molecule has 0 atom stereocenters. The Bertz CT molecular complexity index is 622. The van der Waals surface area contributed by atoms with Crippen molar-refractivity contribution in [3.05, 3.63) is 53.9 Å². The van der Waals surface area contributed by atoms with Crippen LogP contribution in [0.2, 0.25) is 0 Å². The molecule has 110 valence electrons. The fourth-order valence-corrected chi connectivity index (χ4v) is 2.02. The number of amides is 1. The Morgan fingerprint density at radius 1 is 1.14 bits per heavy atom. The fraction of sp³-hybridized carbons (Fsp3) is 0.250. The van der Waals surface area contributed by atoms with E-state index in [1.807, 2.05) is 43.3 Å². The molecule has 1 aromatic carbocycles. The molecule has 2 aromatic rings. The summed E-state index contributed by atoms with van der Waals surface area (Å²) in [5.41, 5.74) is 8.67. The Morgan fingerprint density at radius 3 is 2.38 bits per heavy atom. The van der Waals surface area contributed by atoms with Crippen LogP contribution < -0.4 is 10.6 Å². The Balaban J connectivity index is 2.09. The highest BCUT2D eigenvalue weighted by Gasteiger charge is 2.16. The van der Waals surface area contributed by atoms with Crippen LogP contribution in [0.15, 0.2) is 42.6 Å². The van der Waals surface area contributed by atoms with E-state index in [2.05, 4.69) is 4.98 Å². The molecule has 2 rings (SSSR count). The van der Waals surface area contributed by atoms with Gasteiger partial charge in [0.25, 0.3) is 5.91 Å². The number of pyridine rings is 1. The fourth-order valence-electron chi connectivity index (χ4n) is 2.02. The monoisotopic (exact) mass is 284 g/mol. The van der Waals surface area contributed by atoms with Crippen molar-refractivity contribution < 1.29 is 4.79 Å². The van der Waals surface area contributed by atoms with Gasteiger partial charge in [-0.15, -0.1) is 0 Å². The average Bonchev–Trinajstić information content (AvgIpc) is 2.47. The summed E-state index contributed by atoms with van der Waals surface area (Å²) in [6.07, 6.45) is 1.57. The predicted octanol–water partition coefficient (Wildman–Crippen LogP) is 2.00. The number of nitrogens with two attached hydrogens (primary N) is 1. The summed E-state index contributed by atoms with van der Waals surface area (Å²) in [5, 5.41) is 0. The van der Waals surface area contributed by atoms with E-state index in [4.69, 9.17) is 5.73 Å². The minimum atomic E-state index is -0.176. The third kappa shape index (κ3) is 3.51.